The molecule has 0 spiro atoms. The van der Waals surface area contributed by atoms with Gasteiger partial charge in [-0.1, -0.05) is 0 Å². The molecule has 0 aromatic carbocycles. The molecule has 2 heterocycles. The minimum Gasteiger partial charge on any atom is -0.465 e. The number of hydrogen-bond donors (Lipinski definition) is 3. The molecule has 1 unspecified atom stereocenters. The fourth-order valence-corrected chi connectivity index (χ4v) is 2.09. The lowest BCUT2D eigenvalue weighted by atomic mass is 10.2. The number of carbonyl (C=O) groups excluding carboxylic acids is 1. The molecule has 0 aliphatic carbocycles. The first-order chi connectivity index (χ1) is 8.99. The molecule has 1 saturated heterocycles. The van der Waals surface area contributed by atoms with E-state index < -0.39 is 17.8 Å². The summed E-state index contributed by atoms with van der Waals surface area (Å²) in [6.45, 7) is 0.759. The lowest BCUT2D eigenvalue weighted by Gasteiger charge is -2.18. The van der Waals surface area contributed by atoms with Crippen LogP contribution in [-0.4, -0.2) is 41.2 Å². The van der Waals surface area contributed by atoms with Crippen molar-refractivity contribution >= 4 is 17.8 Å². The molecule has 1 aromatic rings. The molecule has 1 aliphatic rings. The minimum atomic E-state index is -1.12. The zero-order valence-electron chi connectivity index (χ0n) is 9.97. The predicted octanol–water partition coefficient (Wildman–Crippen LogP) is 0.166. The van der Waals surface area contributed by atoms with Crippen molar-refractivity contribution in [2.45, 2.75) is 12.5 Å². The Kier molecular flexibility index (Phi) is 3.50. The van der Waals surface area contributed by atoms with Gasteiger partial charge in [-0.2, -0.15) is 0 Å². The molecule has 1 aromatic heterocycles. The quantitative estimate of drug-likeness (QED) is 0.724. The van der Waals surface area contributed by atoms with Gasteiger partial charge in [0.1, 0.15) is 0 Å². The summed E-state index contributed by atoms with van der Waals surface area (Å²) >= 11 is 0. The first-order valence-corrected chi connectivity index (χ1v) is 5.67. The van der Waals surface area contributed by atoms with Crippen molar-refractivity contribution in [1.29, 1.82) is 0 Å². The Morgan fingerprint density at radius 2 is 2.32 bits per heavy atom. The Morgan fingerprint density at radius 3 is 2.95 bits per heavy atom. The number of rotatable bonds is 3. The average Bonchev–Trinajstić information content (AvgIpc) is 2.76. The lowest BCUT2D eigenvalue weighted by Crippen LogP contribution is -2.36. The van der Waals surface area contributed by atoms with Gasteiger partial charge < -0.3 is 21.1 Å². The van der Waals surface area contributed by atoms with E-state index in [2.05, 4.69) is 10.3 Å². The number of carboxylic acid groups (broad SMARTS) is 1. The van der Waals surface area contributed by atoms with Gasteiger partial charge in [-0.3, -0.25) is 4.79 Å². The van der Waals surface area contributed by atoms with Gasteiger partial charge in [0.2, 0.25) is 0 Å². The Labute approximate surface area is 108 Å². The number of nitrogens with zero attached hydrogens (tertiary/aromatic N) is 2. The normalized spacial score (nSPS) is 18.4. The van der Waals surface area contributed by atoms with Crippen LogP contribution in [0.3, 0.4) is 0 Å². The van der Waals surface area contributed by atoms with Gasteiger partial charge in [-0.15, -0.1) is 0 Å². The summed E-state index contributed by atoms with van der Waals surface area (Å²) in [5.74, 6) is -1.61. The van der Waals surface area contributed by atoms with E-state index in [0.29, 0.717) is 19.5 Å². The lowest BCUT2D eigenvalue weighted by molar-refractivity contribution is 0.0996. The smallest absolute Gasteiger partial charge is 0.404 e. The Bertz CT molecular complexity index is 523. The summed E-state index contributed by atoms with van der Waals surface area (Å²) in [5, 5.41) is 11.0. The molecule has 1 fully saturated rings. The summed E-state index contributed by atoms with van der Waals surface area (Å²) in [6.07, 6.45) is 0.733. The number of hydrogen-bond acceptors (Lipinski definition) is 4. The molecule has 2 amide bonds. The van der Waals surface area contributed by atoms with E-state index >= 15 is 0 Å². The summed E-state index contributed by atoms with van der Waals surface area (Å²) in [6, 6.07) is 0.931. The molecule has 0 radical (unpaired) electrons. The van der Waals surface area contributed by atoms with Crippen LogP contribution in [0.5, 0.6) is 0 Å². The maximum atomic E-state index is 14.0. The van der Waals surface area contributed by atoms with Crippen molar-refractivity contribution in [3.05, 3.63) is 23.6 Å². The van der Waals surface area contributed by atoms with E-state index in [0.717, 1.165) is 0 Å². The maximum absolute atomic E-state index is 14.0. The second-order valence-corrected chi connectivity index (χ2v) is 4.24. The monoisotopic (exact) mass is 268 g/mol. The number of nitrogens with two attached hydrogens (primary N) is 1. The van der Waals surface area contributed by atoms with Crippen LogP contribution in [-0.2, 0) is 0 Å². The van der Waals surface area contributed by atoms with Crippen LogP contribution >= 0.6 is 0 Å². The van der Waals surface area contributed by atoms with Crippen LogP contribution in [0.25, 0.3) is 0 Å². The van der Waals surface area contributed by atoms with Crippen molar-refractivity contribution in [3.8, 4) is 0 Å². The molecule has 19 heavy (non-hydrogen) atoms. The molecular weight excluding hydrogens is 255 g/mol. The number of nitrogens with one attached hydrogen (secondary N) is 1. The first-order valence-electron chi connectivity index (χ1n) is 5.67. The van der Waals surface area contributed by atoms with E-state index in [1.807, 2.05) is 0 Å². The second-order valence-electron chi connectivity index (χ2n) is 4.24. The van der Waals surface area contributed by atoms with Crippen LogP contribution in [0, 0.1) is 5.82 Å². The molecule has 0 bridgehead atoms. The zero-order valence-corrected chi connectivity index (χ0v) is 9.97. The molecule has 1 atom stereocenters. The second kappa shape index (κ2) is 5.09. The number of pyridine rings is 1. The van der Waals surface area contributed by atoms with Gasteiger partial charge in [0, 0.05) is 19.3 Å². The third kappa shape index (κ3) is 2.72. The molecule has 8 heteroatoms. The molecule has 1 aliphatic heterocycles. The summed E-state index contributed by atoms with van der Waals surface area (Å²) < 4.78 is 14.0. The highest BCUT2D eigenvalue weighted by atomic mass is 19.1. The molecule has 4 N–H and O–H groups in total. The highest BCUT2D eigenvalue weighted by Gasteiger charge is 2.27. The van der Waals surface area contributed by atoms with Gasteiger partial charge in [0.05, 0.1) is 11.6 Å². The van der Waals surface area contributed by atoms with Crippen LogP contribution in [0.1, 0.15) is 16.8 Å². The number of aromatic nitrogens is 1. The van der Waals surface area contributed by atoms with Crippen LogP contribution in [0.2, 0.25) is 0 Å². The van der Waals surface area contributed by atoms with E-state index in [4.69, 9.17) is 10.8 Å². The number of carbonyl (C=O) groups is 2. The molecular formula is C11H13FN4O3. The van der Waals surface area contributed by atoms with E-state index in [9.17, 15) is 14.0 Å². The van der Waals surface area contributed by atoms with Crippen molar-refractivity contribution in [2.24, 2.45) is 5.73 Å². The molecule has 2 rings (SSSR count). The van der Waals surface area contributed by atoms with Crippen molar-refractivity contribution < 1.29 is 19.1 Å². The standard InChI is InChI=1S/C11H13FN4O3/c12-8-7(9(13)17)1-3-14-10(8)16-4-2-6(5-16)15-11(18)19/h1,3,6,15H,2,4-5H2,(H2,13,17)(H,18,19). The number of amides is 2. The van der Waals surface area contributed by atoms with Crippen molar-refractivity contribution in [2.75, 3.05) is 18.0 Å². The van der Waals surface area contributed by atoms with E-state index in [1.54, 1.807) is 4.90 Å². The van der Waals surface area contributed by atoms with Crippen molar-refractivity contribution in [1.82, 2.24) is 10.3 Å². The number of primary amides is 1. The zero-order chi connectivity index (χ0) is 14.0. The first kappa shape index (κ1) is 13.1. The van der Waals surface area contributed by atoms with Gasteiger partial charge in [0.25, 0.3) is 5.91 Å². The Morgan fingerprint density at radius 1 is 1.58 bits per heavy atom. The van der Waals surface area contributed by atoms with E-state index in [-0.39, 0.29) is 17.4 Å². The fourth-order valence-electron chi connectivity index (χ4n) is 2.09. The SMILES string of the molecule is NC(=O)c1ccnc(N2CCC(NC(=O)O)C2)c1F. The molecule has 0 saturated carbocycles. The Balaban J connectivity index is 2.18. The maximum Gasteiger partial charge on any atom is 0.404 e. The van der Waals surface area contributed by atoms with Crippen LogP contribution < -0.4 is 16.0 Å². The predicted molar refractivity (Wildman–Crippen MR) is 64.5 cm³/mol. The van der Waals surface area contributed by atoms with Crippen LogP contribution in [0.4, 0.5) is 15.0 Å². The number of halogens is 1. The van der Waals surface area contributed by atoms with Crippen molar-refractivity contribution in [3.63, 3.8) is 0 Å². The highest BCUT2D eigenvalue weighted by Crippen LogP contribution is 2.23. The minimum absolute atomic E-state index is 0.0194. The van der Waals surface area contributed by atoms with Gasteiger partial charge in [0.15, 0.2) is 11.6 Å². The summed E-state index contributed by atoms with van der Waals surface area (Å²) in [4.78, 5) is 27.0. The average molecular weight is 268 g/mol. The molecule has 102 valence electrons. The number of anilines is 1. The third-order valence-corrected chi connectivity index (χ3v) is 2.95. The van der Waals surface area contributed by atoms with E-state index in [1.165, 1.54) is 12.3 Å². The molecule has 7 nitrogen and oxygen atoms in total. The third-order valence-electron chi connectivity index (χ3n) is 2.95. The highest BCUT2D eigenvalue weighted by molar-refractivity contribution is 5.93. The topological polar surface area (TPSA) is 109 Å². The van der Waals surface area contributed by atoms with Gasteiger partial charge >= 0.3 is 6.09 Å². The summed E-state index contributed by atoms with van der Waals surface area (Å²) in [5.41, 5.74) is 4.84. The fraction of sp³-hybridized carbons (Fsp3) is 0.364. The van der Waals surface area contributed by atoms with Gasteiger partial charge in [-0.05, 0) is 12.5 Å². The van der Waals surface area contributed by atoms with Gasteiger partial charge in [-0.25, -0.2) is 14.2 Å². The largest absolute Gasteiger partial charge is 0.465 e. The summed E-state index contributed by atoms with van der Waals surface area (Å²) in [7, 11) is 0. The Hall–Kier alpha value is -2.38. The van der Waals surface area contributed by atoms with Crippen LogP contribution in [0.15, 0.2) is 12.3 Å².